The number of hydrogen-bond acceptors (Lipinski definition) is 8. The number of carbonyl (C=O) groups excluding carboxylic acids is 1. The lowest BCUT2D eigenvalue weighted by atomic mass is 10.1. The van der Waals surface area contributed by atoms with Crippen LogP contribution in [0.1, 0.15) is 31.2 Å². The summed E-state index contributed by atoms with van der Waals surface area (Å²) in [6, 6.07) is 12.9. The van der Waals surface area contributed by atoms with Gasteiger partial charge in [-0.15, -0.1) is 0 Å². The number of hydrogen-bond donors (Lipinski definition) is 1. The molecule has 4 rings (SSSR count). The minimum atomic E-state index is -0.687. The Morgan fingerprint density at radius 2 is 1.95 bits per heavy atom. The van der Waals surface area contributed by atoms with E-state index in [0.29, 0.717) is 26.9 Å². The van der Waals surface area contributed by atoms with E-state index in [0.717, 1.165) is 4.68 Å². The summed E-state index contributed by atoms with van der Waals surface area (Å²) in [5.41, 5.74) is 0.204. The van der Waals surface area contributed by atoms with E-state index in [4.69, 9.17) is 9.47 Å². The van der Waals surface area contributed by atoms with Crippen molar-refractivity contribution in [3.8, 4) is 11.5 Å². The van der Waals surface area contributed by atoms with Gasteiger partial charge in [-0.3, -0.25) is 19.7 Å². The van der Waals surface area contributed by atoms with Crippen molar-refractivity contribution in [2.45, 2.75) is 19.8 Å². The molecule has 1 heterocycles. The first-order chi connectivity index (χ1) is 19.1. The van der Waals surface area contributed by atoms with Gasteiger partial charge in [0, 0.05) is 27.7 Å². The van der Waals surface area contributed by atoms with Crippen LogP contribution in [0.5, 0.6) is 11.5 Å². The molecule has 4 aromatic rings. The van der Waals surface area contributed by atoms with Crippen LogP contribution in [-0.4, -0.2) is 40.4 Å². The number of rotatable bonds is 9. The number of ether oxygens (including phenoxy) is 2. The van der Waals surface area contributed by atoms with Gasteiger partial charge in [0.25, 0.3) is 11.5 Å². The fourth-order valence-corrected chi connectivity index (χ4v) is 4.12. The Labute approximate surface area is 235 Å². The van der Waals surface area contributed by atoms with Gasteiger partial charge < -0.3 is 14.8 Å². The zero-order valence-electron chi connectivity index (χ0n) is 21.6. The maximum atomic E-state index is 13.3. The van der Waals surface area contributed by atoms with Crippen LogP contribution in [0, 0.1) is 15.9 Å². The number of nitro groups is 1. The van der Waals surface area contributed by atoms with Crippen LogP contribution in [0.15, 0.2) is 69.0 Å². The number of anilines is 1. The number of nitrogens with one attached hydrogen (secondary N) is 1. The number of carbonyl (C=O) groups is 1. The first kappa shape index (κ1) is 28.4. The molecule has 0 saturated heterocycles. The molecule has 0 bridgehead atoms. The molecular formula is C27H23BrFN5O6. The van der Waals surface area contributed by atoms with E-state index in [9.17, 15) is 24.1 Å². The molecule has 1 N–H and O–H groups in total. The van der Waals surface area contributed by atoms with E-state index in [-0.39, 0.29) is 23.0 Å². The monoisotopic (exact) mass is 611 g/mol. The highest BCUT2D eigenvalue weighted by molar-refractivity contribution is 9.10. The van der Waals surface area contributed by atoms with Crippen LogP contribution < -0.4 is 20.3 Å². The average molecular weight is 612 g/mol. The summed E-state index contributed by atoms with van der Waals surface area (Å²) in [5, 5.41) is 19.0. The molecule has 1 aromatic heterocycles. The minimum Gasteiger partial charge on any atom is -0.493 e. The van der Waals surface area contributed by atoms with E-state index >= 15 is 0 Å². The second kappa shape index (κ2) is 12.0. The SMILES string of the molecule is COc1cc(C=Nn2c(C(C)C)nc3ccc(Br)cc3c2=O)cc([N+](=O)[O-])c1OCC(=O)Nc1ccc(F)cc1. The number of fused-ring (bicyclic) bond motifs is 1. The highest BCUT2D eigenvalue weighted by Crippen LogP contribution is 2.38. The average Bonchev–Trinajstić information content (AvgIpc) is 2.92. The van der Waals surface area contributed by atoms with E-state index in [1.54, 1.807) is 18.2 Å². The van der Waals surface area contributed by atoms with Gasteiger partial charge in [-0.1, -0.05) is 29.8 Å². The van der Waals surface area contributed by atoms with Crippen molar-refractivity contribution < 1.29 is 23.6 Å². The van der Waals surface area contributed by atoms with Crippen LogP contribution in [0.2, 0.25) is 0 Å². The maximum absolute atomic E-state index is 13.3. The quantitative estimate of drug-likeness (QED) is 0.155. The van der Waals surface area contributed by atoms with Crippen molar-refractivity contribution in [2.24, 2.45) is 5.10 Å². The predicted octanol–water partition coefficient (Wildman–Crippen LogP) is 5.24. The van der Waals surface area contributed by atoms with Crippen molar-refractivity contribution in [3.63, 3.8) is 0 Å². The maximum Gasteiger partial charge on any atom is 0.315 e. The molecule has 0 aliphatic heterocycles. The van der Waals surface area contributed by atoms with Gasteiger partial charge >= 0.3 is 5.69 Å². The van der Waals surface area contributed by atoms with Crippen molar-refractivity contribution in [1.82, 2.24) is 9.66 Å². The van der Waals surface area contributed by atoms with Gasteiger partial charge in [-0.25, -0.2) is 9.37 Å². The summed E-state index contributed by atoms with van der Waals surface area (Å²) in [7, 11) is 1.29. The zero-order chi connectivity index (χ0) is 29.0. The molecule has 0 atom stereocenters. The lowest BCUT2D eigenvalue weighted by molar-refractivity contribution is -0.385. The second-order valence-electron chi connectivity index (χ2n) is 8.82. The summed E-state index contributed by atoms with van der Waals surface area (Å²) in [6.45, 7) is 3.16. The summed E-state index contributed by atoms with van der Waals surface area (Å²) in [6.07, 6.45) is 1.28. The summed E-state index contributed by atoms with van der Waals surface area (Å²) >= 11 is 3.36. The summed E-state index contributed by atoms with van der Waals surface area (Å²) in [4.78, 5) is 41.3. The number of nitrogens with zero attached hydrogens (tertiary/aromatic N) is 4. The number of amides is 1. The van der Waals surface area contributed by atoms with Crippen LogP contribution in [0.4, 0.5) is 15.8 Å². The fourth-order valence-electron chi connectivity index (χ4n) is 3.76. The van der Waals surface area contributed by atoms with Gasteiger partial charge in [0.15, 0.2) is 12.4 Å². The van der Waals surface area contributed by atoms with Crippen molar-refractivity contribution >= 4 is 50.3 Å². The van der Waals surface area contributed by atoms with E-state index in [1.165, 1.54) is 49.7 Å². The zero-order valence-corrected chi connectivity index (χ0v) is 23.1. The third kappa shape index (κ3) is 6.31. The standard InChI is InChI=1S/C27H23BrFN5O6/c1-15(2)26-32-21-9-4-17(28)12-20(21)27(36)33(26)30-13-16-10-22(34(37)38)25(23(11-16)39-3)40-14-24(35)31-19-7-5-18(29)6-8-19/h4-13,15H,14H2,1-3H3,(H,31,35). The van der Waals surface area contributed by atoms with Gasteiger partial charge in [0.05, 0.1) is 29.2 Å². The molecule has 0 aliphatic carbocycles. The lowest BCUT2D eigenvalue weighted by Gasteiger charge is -2.13. The first-order valence-corrected chi connectivity index (χ1v) is 12.7. The number of methoxy groups -OCH3 is 1. The molecule has 1 amide bonds. The van der Waals surface area contributed by atoms with Crippen molar-refractivity contribution in [1.29, 1.82) is 0 Å². The molecule has 40 heavy (non-hydrogen) atoms. The molecule has 11 nitrogen and oxygen atoms in total. The molecule has 3 aromatic carbocycles. The molecule has 0 saturated carbocycles. The van der Waals surface area contributed by atoms with E-state index < -0.39 is 34.5 Å². The smallest absolute Gasteiger partial charge is 0.315 e. The van der Waals surface area contributed by atoms with Gasteiger partial charge in [0.2, 0.25) is 5.75 Å². The Kier molecular flexibility index (Phi) is 8.53. The van der Waals surface area contributed by atoms with Gasteiger partial charge in [-0.2, -0.15) is 9.78 Å². The largest absolute Gasteiger partial charge is 0.493 e. The molecule has 206 valence electrons. The third-order valence-electron chi connectivity index (χ3n) is 5.62. The Bertz CT molecular complexity index is 1690. The Balaban J connectivity index is 1.66. The summed E-state index contributed by atoms with van der Waals surface area (Å²) < 4.78 is 25.7. The Hall–Kier alpha value is -4.65. The lowest BCUT2D eigenvalue weighted by Crippen LogP contribution is -2.23. The number of halogens is 2. The Morgan fingerprint density at radius 1 is 1.23 bits per heavy atom. The predicted molar refractivity (Wildman–Crippen MR) is 151 cm³/mol. The highest BCUT2D eigenvalue weighted by Gasteiger charge is 2.23. The highest BCUT2D eigenvalue weighted by atomic mass is 79.9. The van der Waals surface area contributed by atoms with E-state index in [1.807, 2.05) is 13.8 Å². The topological polar surface area (TPSA) is 138 Å². The molecule has 0 radical (unpaired) electrons. The van der Waals surface area contributed by atoms with Crippen LogP contribution >= 0.6 is 15.9 Å². The number of nitro benzene ring substituents is 1. The van der Waals surface area contributed by atoms with Crippen LogP contribution in [0.3, 0.4) is 0 Å². The molecule has 0 spiro atoms. The van der Waals surface area contributed by atoms with Gasteiger partial charge in [0.1, 0.15) is 11.6 Å². The molecule has 0 aliphatic rings. The molecule has 13 heteroatoms. The van der Waals surface area contributed by atoms with Crippen LogP contribution in [0.25, 0.3) is 10.9 Å². The third-order valence-corrected chi connectivity index (χ3v) is 6.12. The normalized spacial score (nSPS) is 11.2. The fraction of sp³-hybridized carbons (Fsp3) is 0.185. The Morgan fingerprint density at radius 3 is 2.60 bits per heavy atom. The first-order valence-electron chi connectivity index (χ1n) is 11.9. The van der Waals surface area contributed by atoms with Gasteiger partial charge in [-0.05, 0) is 48.5 Å². The summed E-state index contributed by atoms with van der Waals surface area (Å²) in [5.74, 6) is -1.13. The number of benzene rings is 3. The minimum absolute atomic E-state index is 0.0257. The van der Waals surface area contributed by atoms with Crippen molar-refractivity contribution in [3.05, 3.63) is 96.7 Å². The molecule has 0 unspecified atom stereocenters. The van der Waals surface area contributed by atoms with E-state index in [2.05, 4.69) is 31.3 Å². The molecule has 0 fully saturated rings. The van der Waals surface area contributed by atoms with Crippen LogP contribution in [-0.2, 0) is 4.79 Å². The number of aromatic nitrogens is 2. The molecular weight excluding hydrogens is 589 g/mol. The van der Waals surface area contributed by atoms with Crippen molar-refractivity contribution in [2.75, 3.05) is 19.0 Å². The second-order valence-corrected chi connectivity index (χ2v) is 9.74.